The van der Waals surface area contributed by atoms with Crippen molar-refractivity contribution >= 4 is 29.0 Å². The van der Waals surface area contributed by atoms with Crippen molar-refractivity contribution in [2.24, 2.45) is 21.1 Å². The number of carbonyl (C=O) groups is 2. The molecule has 1 atom stereocenters. The summed E-state index contributed by atoms with van der Waals surface area (Å²) >= 11 is 0. The summed E-state index contributed by atoms with van der Waals surface area (Å²) in [5.74, 6) is -0.511. The normalized spacial score (nSPS) is 12.5. The van der Waals surface area contributed by atoms with Crippen LogP contribution < -0.4 is 4.90 Å². The molecule has 2 aromatic carbocycles. The number of likely N-dealkylation sites (N-methyl/N-ethyl adjacent to an activating group) is 1. The molecule has 0 fully saturated rings. The summed E-state index contributed by atoms with van der Waals surface area (Å²) in [7, 11) is 0.889. The maximum absolute atomic E-state index is 13.2. The molecule has 0 saturated carbocycles. The van der Waals surface area contributed by atoms with Gasteiger partial charge in [-0.25, -0.2) is 0 Å². The van der Waals surface area contributed by atoms with Gasteiger partial charge < -0.3 is 14.4 Å². The summed E-state index contributed by atoms with van der Waals surface area (Å²) in [6, 6.07) is 17.5. The molecule has 0 N–H and O–H groups in total. The largest absolute Gasteiger partial charge is 0.465 e. The number of benzene rings is 2. The second kappa shape index (κ2) is 24.3. The van der Waals surface area contributed by atoms with E-state index in [-0.39, 0.29) is 18.5 Å². The molecule has 10 heteroatoms. The third kappa shape index (κ3) is 18.5. The number of rotatable bonds is 23. The van der Waals surface area contributed by atoms with Crippen LogP contribution in [0.25, 0.3) is 0 Å². The minimum Gasteiger partial charge on any atom is -0.465 e. The topological polar surface area (TPSA) is 124 Å². The van der Waals surface area contributed by atoms with Crippen LogP contribution in [-0.2, 0) is 19.1 Å². The third-order valence-electron chi connectivity index (χ3n) is 8.62. The Morgan fingerprint density at radius 2 is 1.22 bits per heavy atom. The molecule has 2 aromatic rings. The number of ether oxygens (including phenoxy) is 2. The molecule has 10 nitrogen and oxygen atoms in total. The number of anilines is 1. The van der Waals surface area contributed by atoms with Gasteiger partial charge in [0.1, 0.15) is 6.61 Å². The Morgan fingerprint density at radius 3 is 1.73 bits per heavy atom. The zero-order chi connectivity index (χ0) is 36.5. The molecule has 1 unspecified atom stereocenters. The highest BCUT2D eigenvalue weighted by Gasteiger charge is 2.42. The van der Waals surface area contributed by atoms with Gasteiger partial charge in [-0.3, -0.25) is 19.7 Å². The van der Waals surface area contributed by atoms with Crippen molar-refractivity contribution in [3.05, 3.63) is 64.7 Å². The maximum Gasteiger partial charge on any atom is 0.311 e. The summed E-state index contributed by atoms with van der Waals surface area (Å²) in [5.41, 5.74) is 1.05. The lowest BCUT2D eigenvalue weighted by atomic mass is 9.72. The van der Waals surface area contributed by atoms with Crippen molar-refractivity contribution in [3.63, 3.8) is 0 Å². The first-order valence-electron chi connectivity index (χ1n) is 18.1. The lowest BCUT2D eigenvalue weighted by Crippen LogP contribution is -2.39. The van der Waals surface area contributed by atoms with Crippen LogP contribution in [0.2, 0.25) is 0 Å². The molecule has 0 spiro atoms. The molecule has 49 heavy (non-hydrogen) atoms. The Kier molecular flexibility index (Phi) is 21.5. The molecule has 0 saturated heterocycles. The van der Waals surface area contributed by atoms with Crippen LogP contribution in [0.15, 0.2) is 64.8 Å². The van der Waals surface area contributed by atoms with Crippen LogP contribution in [0.1, 0.15) is 119 Å². The van der Waals surface area contributed by atoms with Gasteiger partial charge in [0.05, 0.1) is 35.4 Å². The molecular weight excluding hydrogens is 620 g/mol. The van der Waals surface area contributed by atoms with Crippen molar-refractivity contribution in [3.8, 4) is 0 Å². The number of hydrogen-bond donors (Lipinski definition) is 0. The van der Waals surface area contributed by atoms with Crippen LogP contribution in [0, 0.1) is 20.9 Å². The number of unbranched alkanes of at least 4 members (excludes halogenated alkanes) is 9. The van der Waals surface area contributed by atoms with Gasteiger partial charge >= 0.3 is 11.9 Å². The van der Waals surface area contributed by atoms with E-state index in [2.05, 4.69) is 29.0 Å². The zero-order valence-corrected chi connectivity index (χ0v) is 31.2. The second-order valence-electron chi connectivity index (χ2n) is 13.5. The van der Waals surface area contributed by atoms with E-state index < -0.39 is 15.8 Å². The van der Waals surface area contributed by atoms with E-state index >= 15 is 0 Å². The van der Waals surface area contributed by atoms with E-state index in [1.165, 1.54) is 51.4 Å². The lowest BCUT2D eigenvalue weighted by Gasteiger charge is -2.34. The number of nitrogens with zero attached hydrogens (tertiary/aromatic N) is 4. The predicted octanol–water partition coefficient (Wildman–Crippen LogP) is 10.7. The Morgan fingerprint density at radius 1 is 0.735 bits per heavy atom. The molecule has 0 aliphatic heterocycles. The average Bonchev–Trinajstić information content (AvgIpc) is 3.08. The summed E-state index contributed by atoms with van der Waals surface area (Å²) in [6.07, 6.45) is 13.4. The molecule has 0 aromatic heterocycles. The Labute approximate surface area is 295 Å². The van der Waals surface area contributed by atoms with Crippen molar-refractivity contribution in [2.75, 3.05) is 38.3 Å². The highest BCUT2D eigenvalue weighted by atomic mass is 16.6. The summed E-state index contributed by atoms with van der Waals surface area (Å²) in [4.78, 5) is 36.7. The van der Waals surface area contributed by atoms with E-state index in [0.717, 1.165) is 43.5 Å². The molecule has 0 radical (unpaired) electrons. The molecule has 0 heterocycles. The van der Waals surface area contributed by atoms with E-state index in [4.69, 9.17) is 19.6 Å². The van der Waals surface area contributed by atoms with Crippen molar-refractivity contribution in [1.82, 2.24) is 0 Å². The Hall–Kier alpha value is -3.82. The van der Waals surface area contributed by atoms with Crippen molar-refractivity contribution in [1.29, 1.82) is 0 Å². The van der Waals surface area contributed by atoms with Gasteiger partial charge in [-0.1, -0.05) is 89.8 Å². The fraction of sp³-hybridized carbons (Fsp3) is 0.641. The fourth-order valence-corrected chi connectivity index (χ4v) is 5.57. The van der Waals surface area contributed by atoms with Gasteiger partial charge in [0.2, 0.25) is 0 Å². The zero-order valence-electron chi connectivity index (χ0n) is 31.2. The summed E-state index contributed by atoms with van der Waals surface area (Å²) < 4.78 is 11.5. The van der Waals surface area contributed by atoms with Gasteiger partial charge in [-0.2, -0.15) is 10.2 Å². The molecule has 274 valence electrons. The van der Waals surface area contributed by atoms with E-state index in [1.807, 2.05) is 82.3 Å². The first kappa shape index (κ1) is 43.2. The van der Waals surface area contributed by atoms with E-state index in [9.17, 15) is 9.59 Å². The Bertz CT molecular complexity index is 1230. The number of nitro groups is 1. The molecular formula is C39H62N4O6. The van der Waals surface area contributed by atoms with Crippen LogP contribution in [0.5, 0.6) is 0 Å². The van der Waals surface area contributed by atoms with Gasteiger partial charge in [0.25, 0.3) is 0 Å². The molecule has 2 rings (SSSR count). The number of carbonyl (C=O) groups excluding carboxylic acids is 2. The quantitative estimate of drug-likeness (QED) is 0.0375. The van der Waals surface area contributed by atoms with Crippen LogP contribution in [0.3, 0.4) is 0 Å². The SMILES string of the molecule is CCCCCCCCCCCCOC(=O)C(C)(CC)CC(C)(C)C(=O)OCCN(CC)c1ccc(N=Nc2ccccc2)cc1.C[N+](=O)[O-]. The van der Waals surface area contributed by atoms with Gasteiger partial charge in [0, 0.05) is 17.2 Å². The highest BCUT2D eigenvalue weighted by molar-refractivity contribution is 5.80. The maximum atomic E-state index is 13.2. The molecule has 0 bridgehead atoms. The second-order valence-corrected chi connectivity index (χ2v) is 13.5. The van der Waals surface area contributed by atoms with E-state index in [1.54, 1.807) is 0 Å². The lowest BCUT2D eigenvalue weighted by molar-refractivity contribution is -0.445. The van der Waals surface area contributed by atoms with Gasteiger partial charge in [-0.05, 0) is 83.4 Å². The fourth-order valence-electron chi connectivity index (χ4n) is 5.57. The van der Waals surface area contributed by atoms with E-state index in [0.29, 0.717) is 26.0 Å². The van der Waals surface area contributed by atoms with Gasteiger partial charge in [0.15, 0.2) is 7.05 Å². The standard InChI is InChI=1S/C38H59N3O4.CH3NO2/c1-7-10-11-12-13-14-15-16-17-21-29-44-36(43)38(6,8-2)31-37(4,5)35(42)45-30-28-41(9-3)34-26-24-33(25-27-34)40-39-32-22-19-18-20-23-32;1-2(3)4/h18-20,22-27H,7-17,21,28-31H2,1-6H3;1H3. The van der Waals surface area contributed by atoms with Crippen LogP contribution >= 0.6 is 0 Å². The number of esters is 2. The first-order valence-corrected chi connectivity index (χ1v) is 18.1. The monoisotopic (exact) mass is 682 g/mol. The molecule has 0 aliphatic carbocycles. The summed E-state index contributed by atoms with van der Waals surface area (Å²) in [6.45, 7) is 14.0. The van der Waals surface area contributed by atoms with Crippen molar-refractivity contribution in [2.45, 2.75) is 119 Å². The minimum atomic E-state index is -0.816. The Balaban J connectivity index is 0.00000283. The highest BCUT2D eigenvalue weighted by Crippen LogP contribution is 2.38. The van der Waals surface area contributed by atoms with Crippen LogP contribution in [-0.4, -0.2) is 50.2 Å². The number of hydrogen-bond acceptors (Lipinski definition) is 9. The third-order valence-corrected chi connectivity index (χ3v) is 8.62. The van der Waals surface area contributed by atoms with Crippen molar-refractivity contribution < 1.29 is 24.0 Å². The minimum absolute atomic E-state index is 0.217. The summed E-state index contributed by atoms with van der Waals surface area (Å²) in [5, 5.41) is 17.4. The first-order chi connectivity index (χ1) is 23.4. The average molecular weight is 683 g/mol. The molecule has 0 aliphatic rings. The van der Waals surface area contributed by atoms with Gasteiger partial charge in [-0.15, -0.1) is 0 Å². The number of azo groups is 1. The molecule has 0 amide bonds. The predicted molar refractivity (Wildman–Crippen MR) is 198 cm³/mol. The van der Waals surface area contributed by atoms with Crippen LogP contribution in [0.4, 0.5) is 17.1 Å². The smallest absolute Gasteiger partial charge is 0.311 e.